The first kappa shape index (κ1) is 39.9. The number of carbonyl (C=O) groups excluding carboxylic acids is 4. The highest BCUT2D eigenvalue weighted by Crippen LogP contribution is 2.45. The zero-order valence-electron chi connectivity index (χ0n) is 30.3. The summed E-state index contributed by atoms with van der Waals surface area (Å²) < 4.78 is 30.5. The molecular formula is C35H58N2O11. The van der Waals surface area contributed by atoms with E-state index in [4.69, 9.17) is 23.7 Å². The number of carbonyl (C=O) groups is 4. The Kier molecular flexibility index (Phi) is 13.3. The van der Waals surface area contributed by atoms with Crippen LogP contribution in [-0.2, 0) is 38.1 Å². The zero-order valence-corrected chi connectivity index (χ0v) is 30.3. The number of likely N-dealkylation sites (N-methyl/N-ethyl adjacent to an activating group) is 1. The number of ketones is 1. The van der Waals surface area contributed by atoms with Gasteiger partial charge in [0.15, 0.2) is 6.29 Å². The SMILES string of the molecule is C=CCNC(=O)O[C@]1(C)C[C@@H](C)C(=O)C(C)C2CC(=O)O[C@]2(C)[C@@H](CC)OC(=O)[C@H](C)[C@@H](O)[C@H](C)[C@H]1O[C@@H]1O[C@H](C)C[C@H](N(C)C)[C@H]1O. The number of esters is 2. The van der Waals surface area contributed by atoms with Crippen molar-refractivity contribution in [3.8, 4) is 0 Å². The quantitative estimate of drug-likeness (QED) is 0.204. The van der Waals surface area contributed by atoms with Gasteiger partial charge >= 0.3 is 18.0 Å². The third-order valence-corrected chi connectivity index (χ3v) is 10.8. The van der Waals surface area contributed by atoms with E-state index in [0.717, 1.165) is 0 Å². The predicted molar refractivity (Wildman–Crippen MR) is 175 cm³/mol. The molecular weight excluding hydrogens is 624 g/mol. The smallest absolute Gasteiger partial charge is 0.408 e. The van der Waals surface area contributed by atoms with Crippen molar-refractivity contribution >= 4 is 23.8 Å². The van der Waals surface area contributed by atoms with Gasteiger partial charge in [-0.05, 0) is 61.1 Å². The second-order valence-electron chi connectivity index (χ2n) is 14.7. The van der Waals surface area contributed by atoms with Gasteiger partial charge in [0.25, 0.3) is 0 Å². The Morgan fingerprint density at radius 3 is 2.31 bits per heavy atom. The van der Waals surface area contributed by atoms with E-state index in [2.05, 4.69) is 11.9 Å². The molecule has 3 fully saturated rings. The van der Waals surface area contributed by atoms with Crippen molar-refractivity contribution in [1.82, 2.24) is 10.2 Å². The Bertz CT molecular complexity index is 1180. The summed E-state index contributed by atoms with van der Waals surface area (Å²) in [5, 5.41) is 25.8. The standard InChI is InChI=1S/C35H58N2O11/c1-12-14-36-33(43)48-34(8)17-18(3)27(39)20(5)23-16-26(38)47-35(23,9)25(13-2)45-31(42)22(7)28(40)21(6)30(34)46-32-29(41)24(37(10)11)15-19(4)44-32/h12,18-25,28-30,32,40-41H,1,13-17H2,2-11H3,(H,36,43)/t18-,19-,20?,21+,22-,23?,24+,25-,28+,29-,30-,32+,34-,35+/m1/s1. The van der Waals surface area contributed by atoms with E-state index in [1.165, 1.54) is 13.0 Å². The molecule has 0 spiro atoms. The van der Waals surface area contributed by atoms with Gasteiger partial charge in [0.05, 0.1) is 24.5 Å². The molecule has 1 amide bonds. The van der Waals surface area contributed by atoms with Gasteiger partial charge in [0.1, 0.15) is 35.3 Å². The van der Waals surface area contributed by atoms with Crippen LogP contribution < -0.4 is 5.32 Å². The lowest BCUT2D eigenvalue weighted by atomic mass is 9.70. The molecule has 3 aliphatic heterocycles. The van der Waals surface area contributed by atoms with Crippen LogP contribution in [0, 0.1) is 29.6 Å². The molecule has 0 aromatic carbocycles. The molecule has 14 atom stereocenters. The highest BCUT2D eigenvalue weighted by atomic mass is 16.7. The van der Waals surface area contributed by atoms with Crippen LogP contribution in [0.25, 0.3) is 0 Å². The number of hydrogen-bond donors (Lipinski definition) is 3. The van der Waals surface area contributed by atoms with Crippen LogP contribution in [0.2, 0.25) is 0 Å². The molecule has 0 radical (unpaired) electrons. The Hall–Kier alpha value is -2.58. The minimum absolute atomic E-state index is 0.0367. The van der Waals surface area contributed by atoms with Gasteiger partial charge in [-0.15, -0.1) is 6.58 Å². The molecule has 13 nitrogen and oxygen atoms in total. The molecule has 13 heteroatoms. The summed E-state index contributed by atoms with van der Waals surface area (Å²) in [5.74, 6) is -5.49. The summed E-state index contributed by atoms with van der Waals surface area (Å²) in [4.78, 5) is 55.7. The molecule has 3 heterocycles. The maximum absolute atomic E-state index is 14.2. The first-order valence-corrected chi connectivity index (χ1v) is 17.2. The number of fused-ring (bicyclic) bond motifs is 1. The predicted octanol–water partition coefficient (Wildman–Crippen LogP) is 2.99. The Labute approximate surface area is 285 Å². The topological polar surface area (TPSA) is 170 Å². The van der Waals surface area contributed by atoms with Crippen molar-refractivity contribution in [2.45, 2.75) is 135 Å². The Morgan fingerprint density at radius 2 is 1.73 bits per heavy atom. The second-order valence-corrected chi connectivity index (χ2v) is 14.7. The molecule has 0 saturated carbocycles. The lowest BCUT2D eigenvalue weighted by Gasteiger charge is -2.48. The van der Waals surface area contributed by atoms with E-state index in [-0.39, 0.29) is 37.3 Å². The van der Waals surface area contributed by atoms with E-state index < -0.39 is 89.5 Å². The first-order valence-electron chi connectivity index (χ1n) is 17.2. The molecule has 3 saturated heterocycles. The van der Waals surface area contributed by atoms with Crippen molar-refractivity contribution in [3.63, 3.8) is 0 Å². The maximum atomic E-state index is 14.2. The lowest BCUT2D eigenvalue weighted by Crippen LogP contribution is -2.60. The molecule has 0 aromatic rings. The van der Waals surface area contributed by atoms with Gasteiger partial charge < -0.3 is 44.1 Å². The van der Waals surface area contributed by atoms with Crippen LogP contribution in [0.3, 0.4) is 0 Å². The van der Waals surface area contributed by atoms with Crippen molar-refractivity contribution < 1.29 is 53.1 Å². The van der Waals surface area contributed by atoms with Crippen LogP contribution >= 0.6 is 0 Å². The summed E-state index contributed by atoms with van der Waals surface area (Å²) in [6, 6.07) is -0.326. The van der Waals surface area contributed by atoms with Crippen LogP contribution in [0.15, 0.2) is 12.7 Å². The summed E-state index contributed by atoms with van der Waals surface area (Å²) in [7, 11) is 3.68. The molecule has 3 aliphatic rings. The van der Waals surface area contributed by atoms with Crippen molar-refractivity contribution in [1.29, 1.82) is 0 Å². The fraction of sp³-hybridized carbons (Fsp3) is 0.829. The van der Waals surface area contributed by atoms with E-state index in [0.29, 0.717) is 12.8 Å². The average molecular weight is 683 g/mol. The van der Waals surface area contributed by atoms with Gasteiger partial charge in [0, 0.05) is 36.3 Å². The van der Waals surface area contributed by atoms with Gasteiger partial charge in [-0.2, -0.15) is 0 Å². The summed E-state index contributed by atoms with van der Waals surface area (Å²) in [6.45, 7) is 17.3. The van der Waals surface area contributed by atoms with E-state index in [1.54, 1.807) is 41.5 Å². The fourth-order valence-corrected chi connectivity index (χ4v) is 7.95. The van der Waals surface area contributed by atoms with Crippen LogP contribution in [0.4, 0.5) is 4.79 Å². The normalized spacial score (nSPS) is 43.1. The summed E-state index contributed by atoms with van der Waals surface area (Å²) in [6.07, 6.45) is -4.66. The van der Waals surface area contributed by atoms with E-state index >= 15 is 0 Å². The number of alkyl carbamates (subject to hydrolysis) is 1. The molecule has 3 rings (SSSR count). The molecule has 0 aromatic heterocycles. The number of amides is 1. The molecule has 3 N–H and O–H groups in total. The van der Waals surface area contributed by atoms with Crippen LogP contribution in [-0.4, -0.2) is 114 Å². The number of aliphatic hydroxyl groups is 2. The van der Waals surface area contributed by atoms with E-state index in [9.17, 15) is 29.4 Å². The number of rotatable bonds is 7. The lowest BCUT2D eigenvalue weighted by molar-refractivity contribution is -0.298. The average Bonchev–Trinajstić information content (AvgIpc) is 3.34. The molecule has 0 aliphatic carbocycles. The number of Topliss-reactive ketones (excluding diaryl/α,β-unsaturated/α-hetero) is 1. The van der Waals surface area contributed by atoms with Crippen LogP contribution in [0.1, 0.15) is 81.1 Å². The number of nitrogens with zero attached hydrogens (tertiary/aromatic N) is 1. The van der Waals surface area contributed by atoms with E-state index in [1.807, 2.05) is 25.9 Å². The van der Waals surface area contributed by atoms with Gasteiger partial charge in [0.2, 0.25) is 0 Å². The van der Waals surface area contributed by atoms with Crippen molar-refractivity contribution in [2.75, 3.05) is 20.6 Å². The molecule has 48 heavy (non-hydrogen) atoms. The molecule has 2 unspecified atom stereocenters. The number of hydrogen-bond acceptors (Lipinski definition) is 12. The number of cyclic esters (lactones) is 1. The van der Waals surface area contributed by atoms with Gasteiger partial charge in [-0.3, -0.25) is 14.4 Å². The van der Waals surface area contributed by atoms with Gasteiger partial charge in [-0.1, -0.05) is 33.8 Å². The van der Waals surface area contributed by atoms with Crippen LogP contribution in [0.5, 0.6) is 0 Å². The number of nitrogens with one attached hydrogen (secondary N) is 1. The fourth-order valence-electron chi connectivity index (χ4n) is 7.95. The zero-order chi connectivity index (χ0) is 36.3. The first-order chi connectivity index (χ1) is 22.3. The third kappa shape index (κ3) is 8.40. The largest absolute Gasteiger partial charge is 0.458 e. The Balaban J connectivity index is 2.17. The van der Waals surface area contributed by atoms with Crippen molar-refractivity contribution in [2.24, 2.45) is 29.6 Å². The third-order valence-electron chi connectivity index (χ3n) is 10.8. The highest BCUT2D eigenvalue weighted by Gasteiger charge is 2.57. The number of ether oxygens (including phenoxy) is 5. The monoisotopic (exact) mass is 682 g/mol. The minimum Gasteiger partial charge on any atom is -0.458 e. The Morgan fingerprint density at radius 1 is 1.08 bits per heavy atom. The maximum Gasteiger partial charge on any atom is 0.408 e. The number of aliphatic hydroxyl groups excluding tert-OH is 2. The van der Waals surface area contributed by atoms with Crippen molar-refractivity contribution in [3.05, 3.63) is 12.7 Å². The highest BCUT2D eigenvalue weighted by molar-refractivity contribution is 5.85. The van der Waals surface area contributed by atoms with Gasteiger partial charge in [-0.25, -0.2) is 4.79 Å². The summed E-state index contributed by atoms with van der Waals surface area (Å²) in [5.41, 5.74) is -2.89. The molecule has 0 bridgehead atoms. The summed E-state index contributed by atoms with van der Waals surface area (Å²) >= 11 is 0. The second kappa shape index (κ2) is 16.0. The minimum atomic E-state index is -1.61. The molecule has 274 valence electrons.